The average molecular weight is 433 g/mol. The number of rotatable bonds is 5. The lowest BCUT2D eigenvalue weighted by Crippen LogP contribution is -2.28. The Morgan fingerprint density at radius 2 is 1.87 bits per heavy atom. The monoisotopic (exact) mass is 432 g/mol. The maximum absolute atomic E-state index is 14.5. The molecular formula is C21H16ClF3N4O. The van der Waals surface area contributed by atoms with Crippen molar-refractivity contribution in [3.8, 4) is 5.75 Å². The summed E-state index contributed by atoms with van der Waals surface area (Å²) in [4.78, 5) is 5.65. The molecule has 0 aliphatic carbocycles. The molecule has 0 amide bonds. The van der Waals surface area contributed by atoms with E-state index in [1.54, 1.807) is 48.3 Å². The fraction of sp³-hybridized carbons (Fsp3) is 0.143. The van der Waals surface area contributed by atoms with Crippen molar-refractivity contribution in [3.05, 3.63) is 90.4 Å². The number of benzene rings is 1. The third-order valence-corrected chi connectivity index (χ3v) is 4.75. The number of aromatic nitrogens is 3. The molecule has 1 aliphatic rings. The minimum Gasteiger partial charge on any atom is -0.420 e. The number of aryl methyl sites for hydroxylation is 1. The molecule has 0 N–H and O–H groups in total. The number of hydrogen-bond donors (Lipinski definition) is 0. The molecule has 0 saturated heterocycles. The van der Waals surface area contributed by atoms with Gasteiger partial charge < -0.3 is 9.64 Å². The van der Waals surface area contributed by atoms with E-state index < -0.39 is 17.6 Å². The van der Waals surface area contributed by atoms with Crippen LogP contribution >= 0.6 is 11.6 Å². The molecule has 0 fully saturated rings. The molecule has 30 heavy (non-hydrogen) atoms. The van der Waals surface area contributed by atoms with Crippen molar-refractivity contribution in [2.24, 2.45) is 7.05 Å². The quantitative estimate of drug-likeness (QED) is 0.406. The molecule has 3 aromatic rings. The summed E-state index contributed by atoms with van der Waals surface area (Å²) in [6.45, 7) is 0. The molecule has 0 saturated carbocycles. The van der Waals surface area contributed by atoms with Gasteiger partial charge in [-0.2, -0.15) is 9.49 Å². The summed E-state index contributed by atoms with van der Waals surface area (Å²) in [7, 11) is 1.79. The van der Waals surface area contributed by atoms with Crippen LogP contribution in [0.25, 0.3) is 5.57 Å². The van der Waals surface area contributed by atoms with Crippen LogP contribution in [0, 0.1) is 5.95 Å². The zero-order valence-electron chi connectivity index (χ0n) is 15.7. The van der Waals surface area contributed by atoms with Gasteiger partial charge in [-0.05, 0) is 54.1 Å². The van der Waals surface area contributed by atoms with Gasteiger partial charge in [0.05, 0.1) is 5.69 Å². The first kappa shape index (κ1) is 20.0. The highest BCUT2D eigenvalue weighted by Gasteiger charge is 2.31. The van der Waals surface area contributed by atoms with Gasteiger partial charge in [-0.25, -0.2) is 4.98 Å². The number of pyridine rings is 1. The highest BCUT2D eigenvalue weighted by Crippen LogP contribution is 2.41. The lowest BCUT2D eigenvalue weighted by atomic mass is 9.93. The standard InChI is InChI=1S/C21H16ClF3N4O/c1-28-18(10-12-27-28)19-16(17-4-2-11-26-20(17)23)5-3-13-29(19)14-6-8-15(9-7-14)30-21(22,24)25/h2-13,19H,1H3. The van der Waals surface area contributed by atoms with Gasteiger partial charge in [-0.15, -0.1) is 8.78 Å². The van der Waals surface area contributed by atoms with Gasteiger partial charge in [-0.1, -0.05) is 6.08 Å². The number of alkyl halides is 3. The Bertz CT molecular complexity index is 1110. The van der Waals surface area contributed by atoms with Crippen LogP contribution in [0.5, 0.6) is 5.75 Å². The minimum atomic E-state index is -3.79. The largest absolute Gasteiger partial charge is 0.487 e. The van der Waals surface area contributed by atoms with E-state index in [-0.39, 0.29) is 5.75 Å². The summed E-state index contributed by atoms with van der Waals surface area (Å²) in [6.07, 6.45) is 8.47. The Morgan fingerprint density at radius 3 is 2.50 bits per heavy atom. The molecule has 0 radical (unpaired) electrons. The third kappa shape index (κ3) is 4.04. The minimum absolute atomic E-state index is 0.0779. The Hall–Kier alpha value is -3.26. The van der Waals surface area contributed by atoms with E-state index in [2.05, 4.69) is 14.8 Å². The maximum atomic E-state index is 14.5. The van der Waals surface area contributed by atoms with Crippen molar-refractivity contribution in [3.63, 3.8) is 0 Å². The van der Waals surface area contributed by atoms with Crippen molar-refractivity contribution in [1.29, 1.82) is 0 Å². The van der Waals surface area contributed by atoms with Gasteiger partial charge in [0.15, 0.2) is 0 Å². The van der Waals surface area contributed by atoms with Gasteiger partial charge in [0.1, 0.15) is 11.8 Å². The van der Waals surface area contributed by atoms with Gasteiger partial charge >= 0.3 is 5.57 Å². The summed E-state index contributed by atoms with van der Waals surface area (Å²) in [5.41, 5.74) is -1.27. The van der Waals surface area contributed by atoms with E-state index in [9.17, 15) is 13.2 Å². The van der Waals surface area contributed by atoms with Crippen molar-refractivity contribution in [1.82, 2.24) is 14.8 Å². The molecule has 4 rings (SSSR count). The van der Waals surface area contributed by atoms with Crippen LogP contribution in [0.4, 0.5) is 18.9 Å². The van der Waals surface area contributed by atoms with Crippen LogP contribution < -0.4 is 9.64 Å². The first-order valence-electron chi connectivity index (χ1n) is 8.95. The first-order chi connectivity index (χ1) is 14.3. The Balaban J connectivity index is 1.76. The van der Waals surface area contributed by atoms with Crippen LogP contribution in [0.2, 0.25) is 0 Å². The highest BCUT2D eigenvalue weighted by atomic mass is 35.5. The fourth-order valence-corrected chi connectivity index (χ4v) is 3.50. The van der Waals surface area contributed by atoms with Gasteiger partial charge in [0.2, 0.25) is 5.95 Å². The van der Waals surface area contributed by atoms with Crippen LogP contribution in [0.15, 0.2) is 73.2 Å². The molecule has 154 valence electrons. The topological polar surface area (TPSA) is 43.2 Å². The SMILES string of the molecule is Cn1nccc1C1C(c2cccnc2F)=CC=CN1c1ccc(OC(F)(F)Cl)cc1. The second-order valence-corrected chi connectivity index (χ2v) is 6.98. The Kier molecular flexibility index (Phi) is 5.26. The molecular weight excluding hydrogens is 417 g/mol. The van der Waals surface area contributed by atoms with E-state index in [0.717, 1.165) is 5.69 Å². The normalized spacial score (nSPS) is 16.5. The van der Waals surface area contributed by atoms with Crippen molar-refractivity contribution in [2.45, 2.75) is 11.6 Å². The van der Waals surface area contributed by atoms with E-state index in [0.29, 0.717) is 16.8 Å². The molecule has 1 unspecified atom stereocenters. The van der Waals surface area contributed by atoms with Gasteiger partial charge in [-0.3, -0.25) is 4.68 Å². The Labute approximate surface area is 175 Å². The number of anilines is 1. The predicted octanol–water partition coefficient (Wildman–Crippen LogP) is 5.28. The summed E-state index contributed by atoms with van der Waals surface area (Å²) in [5.74, 6) is -0.662. The molecule has 1 aromatic carbocycles. The van der Waals surface area contributed by atoms with Crippen molar-refractivity contribution < 1.29 is 17.9 Å². The van der Waals surface area contributed by atoms with Gasteiger partial charge in [0.25, 0.3) is 0 Å². The van der Waals surface area contributed by atoms with Crippen LogP contribution in [0.3, 0.4) is 0 Å². The zero-order valence-corrected chi connectivity index (χ0v) is 16.5. The molecule has 3 heterocycles. The van der Waals surface area contributed by atoms with Crippen molar-refractivity contribution >= 4 is 22.9 Å². The summed E-state index contributed by atoms with van der Waals surface area (Å²) in [6, 6.07) is 10.8. The zero-order chi connectivity index (χ0) is 21.3. The Morgan fingerprint density at radius 1 is 1.10 bits per heavy atom. The van der Waals surface area contributed by atoms with Gasteiger partial charge in [0, 0.05) is 48.5 Å². The number of hydrogen-bond acceptors (Lipinski definition) is 4. The molecule has 2 aromatic heterocycles. The predicted molar refractivity (Wildman–Crippen MR) is 108 cm³/mol. The first-order valence-corrected chi connectivity index (χ1v) is 9.32. The fourth-order valence-electron chi connectivity index (χ4n) is 3.41. The molecule has 1 aliphatic heterocycles. The molecule has 9 heteroatoms. The van der Waals surface area contributed by atoms with Crippen LogP contribution in [0.1, 0.15) is 17.3 Å². The van der Waals surface area contributed by atoms with E-state index >= 15 is 0 Å². The van der Waals surface area contributed by atoms with E-state index in [1.165, 1.54) is 18.3 Å². The lowest BCUT2D eigenvalue weighted by Gasteiger charge is -2.35. The average Bonchev–Trinajstić information content (AvgIpc) is 3.13. The smallest absolute Gasteiger partial charge is 0.420 e. The summed E-state index contributed by atoms with van der Waals surface area (Å²) in [5, 5.41) is 4.24. The third-order valence-electron chi connectivity index (χ3n) is 4.67. The summed E-state index contributed by atoms with van der Waals surface area (Å²) >= 11 is 4.83. The maximum Gasteiger partial charge on any atom is 0.487 e. The highest BCUT2D eigenvalue weighted by molar-refractivity contribution is 6.20. The van der Waals surface area contributed by atoms with Crippen LogP contribution in [-0.2, 0) is 7.05 Å². The van der Waals surface area contributed by atoms with E-state index in [4.69, 9.17) is 11.6 Å². The number of ether oxygens (including phenoxy) is 1. The number of halogens is 4. The number of allylic oxidation sites excluding steroid dienone is 2. The molecule has 5 nitrogen and oxygen atoms in total. The molecule has 0 spiro atoms. The second kappa shape index (κ2) is 7.87. The number of nitrogens with zero attached hydrogens (tertiary/aromatic N) is 4. The van der Waals surface area contributed by atoms with E-state index in [1.807, 2.05) is 23.2 Å². The lowest BCUT2D eigenvalue weighted by molar-refractivity contribution is -0.0964. The summed E-state index contributed by atoms with van der Waals surface area (Å²) < 4.78 is 46.4. The van der Waals surface area contributed by atoms with Crippen molar-refractivity contribution in [2.75, 3.05) is 4.90 Å². The van der Waals surface area contributed by atoms with Crippen LogP contribution in [-0.4, -0.2) is 20.3 Å². The second-order valence-electron chi connectivity index (χ2n) is 6.54. The molecule has 0 bridgehead atoms. The molecule has 1 atom stereocenters.